The topological polar surface area (TPSA) is 64.3 Å². The second kappa shape index (κ2) is 8.53. The van der Waals surface area contributed by atoms with Crippen LogP contribution in [-0.4, -0.2) is 31.7 Å². The molecule has 4 heteroatoms. The van der Waals surface area contributed by atoms with E-state index in [0.717, 1.165) is 38.8 Å². The maximum atomic E-state index is 11.8. The smallest absolute Gasteiger partial charge is 0.251 e. The zero-order chi connectivity index (χ0) is 12.4. The maximum absolute atomic E-state index is 11.8. The van der Waals surface area contributed by atoms with Crippen LogP contribution in [0, 0.1) is 0 Å². The number of methoxy groups -OCH3 is 1. The summed E-state index contributed by atoms with van der Waals surface area (Å²) in [6, 6.07) is 0. The first-order valence-corrected chi connectivity index (χ1v) is 6.14. The van der Waals surface area contributed by atoms with Crippen LogP contribution in [0.1, 0.15) is 46.0 Å². The van der Waals surface area contributed by atoms with Crippen molar-refractivity contribution in [3.63, 3.8) is 0 Å². The third kappa shape index (κ3) is 5.47. The molecular weight excluding hydrogens is 204 g/mol. The molecular formula is C12H26N2O2. The number of amides is 1. The Morgan fingerprint density at radius 1 is 1.31 bits per heavy atom. The van der Waals surface area contributed by atoms with E-state index in [2.05, 4.69) is 5.32 Å². The minimum Gasteiger partial charge on any atom is -0.369 e. The summed E-state index contributed by atoms with van der Waals surface area (Å²) < 4.78 is 5.22. The van der Waals surface area contributed by atoms with Crippen molar-refractivity contribution in [2.45, 2.75) is 51.6 Å². The lowest BCUT2D eigenvalue weighted by molar-refractivity contribution is -0.141. The molecule has 16 heavy (non-hydrogen) atoms. The summed E-state index contributed by atoms with van der Waals surface area (Å²) in [5.74, 6) is -0.0173. The second-order valence-electron chi connectivity index (χ2n) is 4.25. The standard InChI is InChI=1S/C12H26N2O2/c1-4-12(2,16-3)11(15)14-10-8-6-5-7-9-13/h4-10,13H2,1-3H3,(H,14,15). The number of unbranched alkanes of at least 4 members (excludes halogenated alkanes) is 3. The van der Waals surface area contributed by atoms with Crippen LogP contribution in [0.15, 0.2) is 0 Å². The van der Waals surface area contributed by atoms with Crippen LogP contribution in [0.5, 0.6) is 0 Å². The number of carbonyl (C=O) groups excluding carboxylic acids is 1. The van der Waals surface area contributed by atoms with Gasteiger partial charge in [0.1, 0.15) is 5.60 Å². The average molecular weight is 230 g/mol. The number of carbonyl (C=O) groups is 1. The van der Waals surface area contributed by atoms with Gasteiger partial charge in [0.25, 0.3) is 5.91 Å². The van der Waals surface area contributed by atoms with Crippen molar-refractivity contribution < 1.29 is 9.53 Å². The first kappa shape index (κ1) is 15.4. The SMILES string of the molecule is CCC(C)(OC)C(=O)NCCCCCCN. The van der Waals surface area contributed by atoms with Gasteiger partial charge in [0.05, 0.1) is 0 Å². The summed E-state index contributed by atoms with van der Waals surface area (Å²) >= 11 is 0. The highest BCUT2D eigenvalue weighted by Gasteiger charge is 2.30. The molecule has 96 valence electrons. The third-order valence-electron chi connectivity index (χ3n) is 3.02. The van der Waals surface area contributed by atoms with Gasteiger partial charge < -0.3 is 15.8 Å². The van der Waals surface area contributed by atoms with Gasteiger partial charge in [0.2, 0.25) is 0 Å². The molecule has 4 nitrogen and oxygen atoms in total. The normalized spacial score (nSPS) is 14.5. The van der Waals surface area contributed by atoms with Gasteiger partial charge in [-0.25, -0.2) is 0 Å². The number of rotatable bonds is 9. The molecule has 1 amide bonds. The molecule has 0 radical (unpaired) electrons. The third-order valence-corrected chi connectivity index (χ3v) is 3.02. The van der Waals surface area contributed by atoms with E-state index in [9.17, 15) is 4.79 Å². The van der Waals surface area contributed by atoms with E-state index in [0.29, 0.717) is 6.42 Å². The van der Waals surface area contributed by atoms with Crippen LogP contribution in [-0.2, 0) is 9.53 Å². The van der Waals surface area contributed by atoms with Gasteiger partial charge in [0, 0.05) is 13.7 Å². The lowest BCUT2D eigenvalue weighted by atomic mass is 10.0. The quantitative estimate of drug-likeness (QED) is 0.589. The van der Waals surface area contributed by atoms with E-state index in [1.165, 1.54) is 0 Å². The Morgan fingerprint density at radius 3 is 2.44 bits per heavy atom. The van der Waals surface area contributed by atoms with Crippen LogP contribution in [0.4, 0.5) is 0 Å². The zero-order valence-electron chi connectivity index (χ0n) is 10.8. The van der Waals surface area contributed by atoms with Crippen LogP contribution in [0.2, 0.25) is 0 Å². The maximum Gasteiger partial charge on any atom is 0.251 e. The molecule has 3 N–H and O–H groups in total. The molecule has 0 fully saturated rings. The van der Waals surface area contributed by atoms with Gasteiger partial charge >= 0.3 is 0 Å². The molecule has 0 aromatic carbocycles. The first-order valence-electron chi connectivity index (χ1n) is 6.14. The Hall–Kier alpha value is -0.610. The number of ether oxygens (including phenoxy) is 1. The molecule has 0 saturated carbocycles. The fraction of sp³-hybridized carbons (Fsp3) is 0.917. The summed E-state index contributed by atoms with van der Waals surface area (Å²) in [6.07, 6.45) is 5.02. The van der Waals surface area contributed by atoms with Crippen molar-refractivity contribution in [3.05, 3.63) is 0 Å². The predicted molar refractivity (Wildman–Crippen MR) is 66.2 cm³/mol. The molecule has 0 saturated heterocycles. The second-order valence-corrected chi connectivity index (χ2v) is 4.25. The summed E-state index contributed by atoms with van der Waals surface area (Å²) in [6.45, 7) is 5.24. The lowest BCUT2D eigenvalue weighted by Gasteiger charge is -2.25. The van der Waals surface area contributed by atoms with Crippen molar-refractivity contribution >= 4 is 5.91 Å². The van der Waals surface area contributed by atoms with Gasteiger partial charge in [-0.15, -0.1) is 0 Å². The first-order chi connectivity index (χ1) is 7.60. The summed E-state index contributed by atoms with van der Waals surface area (Å²) in [4.78, 5) is 11.8. The van der Waals surface area contributed by atoms with Crippen LogP contribution >= 0.6 is 0 Å². The van der Waals surface area contributed by atoms with Crippen LogP contribution in [0.25, 0.3) is 0 Å². The Bertz CT molecular complexity index is 191. The molecule has 1 unspecified atom stereocenters. The Morgan fingerprint density at radius 2 is 1.94 bits per heavy atom. The minimum atomic E-state index is -0.683. The van der Waals surface area contributed by atoms with Crippen LogP contribution in [0.3, 0.4) is 0 Å². The van der Waals surface area contributed by atoms with Crippen LogP contribution < -0.4 is 11.1 Å². The molecule has 0 aromatic heterocycles. The van der Waals surface area contributed by atoms with E-state index in [4.69, 9.17) is 10.5 Å². The highest BCUT2D eigenvalue weighted by Crippen LogP contribution is 2.13. The lowest BCUT2D eigenvalue weighted by Crippen LogP contribution is -2.45. The Kier molecular flexibility index (Phi) is 8.21. The average Bonchev–Trinajstić information content (AvgIpc) is 2.32. The predicted octanol–water partition coefficient (Wildman–Crippen LogP) is 1.44. The number of hydrogen-bond donors (Lipinski definition) is 2. The van der Waals surface area contributed by atoms with Crippen molar-refractivity contribution in [1.29, 1.82) is 0 Å². The number of nitrogens with one attached hydrogen (secondary N) is 1. The largest absolute Gasteiger partial charge is 0.369 e. The Balaban J connectivity index is 3.64. The fourth-order valence-corrected chi connectivity index (χ4v) is 1.41. The zero-order valence-corrected chi connectivity index (χ0v) is 10.8. The molecule has 0 aromatic rings. The van der Waals surface area contributed by atoms with E-state index < -0.39 is 5.60 Å². The van der Waals surface area contributed by atoms with Gasteiger partial charge in [-0.3, -0.25) is 4.79 Å². The molecule has 0 aliphatic heterocycles. The molecule has 0 aliphatic carbocycles. The molecule has 0 heterocycles. The molecule has 0 spiro atoms. The van der Waals surface area contributed by atoms with Crippen molar-refractivity contribution in [2.75, 3.05) is 20.2 Å². The number of nitrogens with two attached hydrogens (primary N) is 1. The van der Waals surface area contributed by atoms with E-state index in [-0.39, 0.29) is 5.91 Å². The highest BCUT2D eigenvalue weighted by molar-refractivity contribution is 5.84. The van der Waals surface area contributed by atoms with Gasteiger partial charge in [0.15, 0.2) is 0 Å². The van der Waals surface area contributed by atoms with E-state index in [1.807, 2.05) is 13.8 Å². The highest BCUT2D eigenvalue weighted by atomic mass is 16.5. The van der Waals surface area contributed by atoms with E-state index in [1.54, 1.807) is 7.11 Å². The van der Waals surface area contributed by atoms with Gasteiger partial charge in [-0.1, -0.05) is 19.8 Å². The number of hydrogen-bond acceptors (Lipinski definition) is 3. The fourth-order valence-electron chi connectivity index (χ4n) is 1.41. The molecule has 0 bridgehead atoms. The van der Waals surface area contributed by atoms with Gasteiger partial charge in [-0.2, -0.15) is 0 Å². The monoisotopic (exact) mass is 230 g/mol. The summed E-state index contributed by atoms with van der Waals surface area (Å²) in [5.41, 5.74) is 4.72. The van der Waals surface area contributed by atoms with Gasteiger partial charge in [-0.05, 0) is 32.7 Å². The molecule has 0 aliphatic rings. The molecule has 0 rings (SSSR count). The minimum absolute atomic E-state index is 0.0173. The summed E-state index contributed by atoms with van der Waals surface area (Å²) in [7, 11) is 1.57. The van der Waals surface area contributed by atoms with Crippen molar-refractivity contribution in [2.24, 2.45) is 5.73 Å². The van der Waals surface area contributed by atoms with Crippen molar-refractivity contribution in [1.82, 2.24) is 5.32 Å². The summed E-state index contributed by atoms with van der Waals surface area (Å²) in [5, 5.41) is 2.91. The van der Waals surface area contributed by atoms with Crippen molar-refractivity contribution in [3.8, 4) is 0 Å². The molecule has 1 atom stereocenters. The van der Waals surface area contributed by atoms with E-state index >= 15 is 0 Å². The Labute approximate surface area is 98.9 Å².